The van der Waals surface area contributed by atoms with E-state index in [0.717, 1.165) is 49.1 Å². The zero-order valence-electron chi connectivity index (χ0n) is 17.0. The number of dihydropyridines is 1. The highest BCUT2D eigenvalue weighted by Crippen LogP contribution is 2.45. The monoisotopic (exact) mass is 383 g/mol. The summed E-state index contributed by atoms with van der Waals surface area (Å²) in [6.45, 7) is 4.38. The van der Waals surface area contributed by atoms with Crippen LogP contribution < -0.4 is 10.1 Å². The summed E-state index contributed by atoms with van der Waals surface area (Å²) in [5.74, 6) is -0.0575. The third-order valence-corrected chi connectivity index (χ3v) is 5.43. The fourth-order valence-electron chi connectivity index (χ4n) is 4.06. The number of unbranched alkanes of at least 4 members (excludes halogenated alkanes) is 2. The van der Waals surface area contributed by atoms with Gasteiger partial charge in [-0.25, -0.2) is 4.79 Å². The Bertz CT molecular complexity index is 822. The average Bonchev–Trinajstić information content (AvgIpc) is 2.70. The first-order valence-electron chi connectivity index (χ1n) is 10.1. The van der Waals surface area contributed by atoms with Gasteiger partial charge in [-0.15, -0.1) is 0 Å². The largest absolute Gasteiger partial charge is 0.496 e. The zero-order valence-corrected chi connectivity index (χ0v) is 17.0. The lowest BCUT2D eigenvalue weighted by Crippen LogP contribution is -2.34. The topological polar surface area (TPSA) is 64.6 Å². The third-order valence-electron chi connectivity index (χ3n) is 5.43. The summed E-state index contributed by atoms with van der Waals surface area (Å²) in [4.78, 5) is 25.9. The highest BCUT2D eigenvalue weighted by molar-refractivity contribution is 6.04. The van der Waals surface area contributed by atoms with Crippen LogP contribution in [0.25, 0.3) is 0 Å². The number of rotatable bonds is 7. The minimum Gasteiger partial charge on any atom is -0.496 e. The van der Waals surface area contributed by atoms with Gasteiger partial charge in [-0.2, -0.15) is 0 Å². The zero-order chi connectivity index (χ0) is 20.1. The van der Waals surface area contributed by atoms with Gasteiger partial charge < -0.3 is 14.8 Å². The van der Waals surface area contributed by atoms with Gasteiger partial charge in [0.05, 0.1) is 25.2 Å². The number of esters is 1. The van der Waals surface area contributed by atoms with Crippen molar-refractivity contribution < 1.29 is 19.1 Å². The van der Waals surface area contributed by atoms with Crippen molar-refractivity contribution in [2.24, 2.45) is 0 Å². The first-order valence-corrected chi connectivity index (χ1v) is 10.1. The second kappa shape index (κ2) is 9.09. The Kier molecular flexibility index (Phi) is 6.55. The van der Waals surface area contributed by atoms with E-state index in [1.807, 2.05) is 31.2 Å². The summed E-state index contributed by atoms with van der Waals surface area (Å²) in [6.07, 6.45) is 5.07. The molecule has 0 unspecified atom stereocenters. The molecule has 1 heterocycles. The van der Waals surface area contributed by atoms with Crippen molar-refractivity contribution >= 4 is 11.8 Å². The van der Waals surface area contributed by atoms with Gasteiger partial charge in [0.1, 0.15) is 5.75 Å². The van der Waals surface area contributed by atoms with Crippen molar-refractivity contribution in [3.8, 4) is 5.75 Å². The number of carbonyl (C=O) groups is 2. The van der Waals surface area contributed by atoms with E-state index in [-0.39, 0.29) is 11.8 Å². The van der Waals surface area contributed by atoms with Gasteiger partial charge >= 0.3 is 5.97 Å². The standard InChI is InChI=1S/C23H29NO4/c1-4-5-8-14-28-23(26)20-15(2)24-17-11-9-12-18(25)22(17)21(20)16-10-6-7-13-19(16)27-3/h6-7,10,13,21,24H,4-5,8-9,11-12,14H2,1-3H3/t21-/m0/s1. The molecule has 0 radical (unpaired) electrons. The second-order valence-corrected chi connectivity index (χ2v) is 7.35. The molecule has 5 nitrogen and oxygen atoms in total. The van der Waals surface area contributed by atoms with Crippen molar-refractivity contribution in [1.82, 2.24) is 5.32 Å². The number of nitrogens with one attached hydrogen (secondary N) is 1. The maximum atomic E-state index is 13.0. The van der Waals surface area contributed by atoms with E-state index >= 15 is 0 Å². The highest BCUT2D eigenvalue weighted by Gasteiger charge is 2.40. The first kappa shape index (κ1) is 20.2. The fourth-order valence-corrected chi connectivity index (χ4v) is 4.06. The fraction of sp³-hybridized carbons (Fsp3) is 0.478. The van der Waals surface area contributed by atoms with E-state index in [2.05, 4.69) is 12.2 Å². The van der Waals surface area contributed by atoms with Crippen LogP contribution in [0.1, 0.15) is 63.9 Å². The van der Waals surface area contributed by atoms with E-state index in [4.69, 9.17) is 9.47 Å². The van der Waals surface area contributed by atoms with Crippen LogP contribution >= 0.6 is 0 Å². The molecule has 1 aromatic rings. The lowest BCUT2D eigenvalue weighted by Gasteiger charge is -2.34. The normalized spacial score (nSPS) is 19.2. The maximum Gasteiger partial charge on any atom is 0.336 e. The summed E-state index contributed by atoms with van der Waals surface area (Å²) < 4.78 is 11.1. The quantitative estimate of drug-likeness (QED) is 0.559. The Morgan fingerprint density at radius 3 is 2.75 bits per heavy atom. The molecule has 1 aliphatic heterocycles. The SMILES string of the molecule is CCCCCOC(=O)C1=C(C)NC2=C(C(=O)CCC2)[C@H]1c1ccccc1OC. The molecule has 5 heteroatoms. The van der Waals surface area contributed by atoms with Gasteiger partial charge in [0.25, 0.3) is 0 Å². The molecule has 0 saturated heterocycles. The van der Waals surface area contributed by atoms with Gasteiger partial charge in [0.2, 0.25) is 0 Å². The minimum atomic E-state index is -0.459. The highest BCUT2D eigenvalue weighted by atomic mass is 16.5. The van der Waals surface area contributed by atoms with Crippen molar-refractivity contribution in [2.45, 2.75) is 58.3 Å². The molecule has 0 fully saturated rings. The number of Topliss-reactive ketones (excluding diaryl/α,β-unsaturated/α-hetero) is 1. The van der Waals surface area contributed by atoms with Gasteiger partial charge in [0, 0.05) is 29.0 Å². The van der Waals surface area contributed by atoms with E-state index in [1.54, 1.807) is 7.11 Å². The Balaban J connectivity index is 2.03. The van der Waals surface area contributed by atoms with Crippen LogP contribution in [-0.4, -0.2) is 25.5 Å². The molecule has 1 atom stereocenters. The molecule has 0 bridgehead atoms. The Labute approximate surface area is 166 Å². The van der Waals surface area contributed by atoms with E-state index in [1.165, 1.54) is 0 Å². The predicted octanol–water partition coefficient (Wildman–Crippen LogP) is 4.40. The summed E-state index contributed by atoms with van der Waals surface area (Å²) in [5, 5.41) is 3.32. The van der Waals surface area contributed by atoms with Crippen LogP contribution in [0, 0.1) is 0 Å². The van der Waals surface area contributed by atoms with Gasteiger partial charge in [0.15, 0.2) is 5.78 Å². The molecule has 1 aromatic carbocycles. The lowest BCUT2D eigenvalue weighted by atomic mass is 9.75. The molecule has 0 amide bonds. The average molecular weight is 383 g/mol. The number of benzene rings is 1. The number of ether oxygens (including phenoxy) is 2. The number of hydrogen-bond donors (Lipinski definition) is 1. The van der Waals surface area contributed by atoms with Gasteiger partial charge in [-0.05, 0) is 32.3 Å². The summed E-state index contributed by atoms with van der Waals surface area (Å²) >= 11 is 0. The number of allylic oxidation sites excluding steroid dienone is 3. The van der Waals surface area contributed by atoms with Crippen LogP contribution in [0.2, 0.25) is 0 Å². The molecule has 2 aliphatic rings. The smallest absolute Gasteiger partial charge is 0.336 e. The van der Waals surface area contributed by atoms with Gasteiger partial charge in [-0.3, -0.25) is 4.79 Å². The third kappa shape index (κ3) is 3.98. The van der Waals surface area contributed by atoms with Crippen LogP contribution in [-0.2, 0) is 14.3 Å². The number of para-hydroxylation sites is 1. The predicted molar refractivity (Wildman–Crippen MR) is 108 cm³/mol. The molecule has 0 saturated carbocycles. The molecule has 1 N–H and O–H groups in total. The minimum absolute atomic E-state index is 0.0911. The number of hydrogen-bond acceptors (Lipinski definition) is 5. The number of methoxy groups -OCH3 is 1. The second-order valence-electron chi connectivity index (χ2n) is 7.35. The molecule has 150 valence electrons. The van der Waals surface area contributed by atoms with Gasteiger partial charge in [-0.1, -0.05) is 38.0 Å². The summed E-state index contributed by atoms with van der Waals surface area (Å²) in [6, 6.07) is 7.59. The summed E-state index contributed by atoms with van der Waals surface area (Å²) in [5.41, 5.74) is 3.70. The molecule has 0 spiro atoms. The van der Waals surface area contributed by atoms with Crippen molar-refractivity contribution in [1.29, 1.82) is 0 Å². The molecule has 3 rings (SSSR count). The number of ketones is 1. The maximum absolute atomic E-state index is 13.0. The molecular weight excluding hydrogens is 354 g/mol. The summed E-state index contributed by atoms with van der Waals surface area (Å²) in [7, 11) is 1.61. The molecule has 1 aliphatic carbocycles. The van der Waals surface area contributed by atoms with Crippen molar-refractivity contribution in [3.05, 3.63) is 52.4 Å². The molecular formula is C23H29NO4. The Hall–Kier alpha value is -2.56. The lowest BCUT2D eigenvalue weighted by molar-refractivity contribution is -0.139. The van der Waals surface area contributed by atoms with E-state index in [9.17, 15) is 9.59 Å². The van der Waals surface area contributed by atoms with Crippen LogP contribution in [0.3, 0.4) is 0 Å². The molecule has 28 heavy (non-hydrogen) atoms. The van der Waals surface area contributed by atoms with Crippen LogP contribution in [0.5, 0.6) is 5.75 Å². The number of carbonyl (C=O) groups excluding carboxylic acids is 2. The van der Waals surface area contributed by atoms with E-state index in [0.29, 0.717) is 29.9 Å². The van der Waals surface area contributed by atoms with E-state index < -0.39 is 5.92 Å². The first-order chi connectivity index (χ1) is 13.6. The molecule has 0 aromatic heterocycles. The van der Waals surface area contributed by atoms with Crippen LogP contribution in [0.4, 0.5) is 0 Å². The Morgan fingerprint density at radius 2 is 2.00 bits per heavy atom. The Morgan fingerprint density at radius 1 is 1.21 bits per heavy atom. The van der Waals surface area contributed by atoms with Crippen molar-refractivity contribution in [2.75, 3.05) is 13.7 Å². The van der Waals surface area contributed by atoms with Crippen LogP contribution in [0.15, 0.2) is 46.8 Å². The van der Waals surface area contributed by atoms with Crippen molar-refractivity contribution in [3.63, 3.8) is 0 Å².